The number of rotatable bonds is 1. The predicted octanol–water partition coefficient (Wildman–Crippen LogP) is 6.20. The van der Waals surface area contributed by atoms with Crippen molar-refractivity contribution >= 4 is 5.57 Å². The summed E-state index contributed by atoms with van der Waals surface area (Å²) in [6.45, 7) is 5.11. The summed E-state index contributed by atoms with van der Waals surface area (Å²) < 4.78 is 0. The van der Waals surface area contributed by atoms with E-state index in [2.05, 4.69) is 61.5 Å². The van der Waals surface area contributed by atoms with Gasteiger partial charge in [-0.25, -0.2) is 0 Å². The minimum Gasteiger partial charge on any atom is -0.264 e. The van der Waals surface area contributed by atoms with Crippen molar-refractivity contribution in [2.75, 3.05) is 0 Å². The maximum atomic E-state index is 4.39. The number of hydrogen-bond acceptors (Lipinski definition) is 1. The smallest absolute Gasteiger partial charge is 0.0343 e. The average Bonchev–Trinajstić information content (AvgIpc) is 2.99. The van der Waals surface area contributed by atoms with E-state index in [1.165, 1.54) is 44.1 Å². The topological polar surface area (TPSA) is 12.9 Å². The number of fused-ring (bicyclic) bond motifs is 5. The molecule has 4 aliphatic carbocycles. The molecule has 0 spiro atoms. The zero-order valence-corrected chi connectivity index (χ0v) is 15.5. The van der Waals surface area contributed by atoms with Crippen LogP contribution in [0.2, 0.25) is 0 Å². The summed E-state index contributed by atoms with van der Waals surface area (Å²) >= 11 is 0. The van der Waals surface area contributed by atoms with Crippen LogP contribution in [0.5, 0.6) is 0 Å². The summed E-state index contributed by atoms with van der Waals surface area (Å²) in [6, 6.07) is 4.34. The maximum Gasteiger partial charge on any atom is 0.0343 e. The molecule has 0 radical (unpaired) electrons. The Morgan fingerprint density at radius 1 is 1.04 bits per heavy atom. The largest absolute Gasteiger partial charge is 0.264 e. The van der Waals surface area contributed by atoms with Crippen molar-refractivity contribution in [1.82, 2.24) is 4.98 Å². The predicted molar refractivity (Wildman–Crippen MR) is 104 cm³/mol. The van der Waals surface area contributed by atoms with Gasteiger partial charge in [-0.1, -0.05) is 44.2 Å². The van der Waals surface area contributed by atoms with Gasteiger partial charge < -0.3 is 0 Å². The fraction of sp³-hybridized carbons (Fsp3) is 0.542. The molecule has 0 aliphatic heterocycles. The van der Waals surface area contributed by atoms with Crippen molar-refractivity contribution in [2.45, 2.75) is 52.4 Å². The molecule has 1 nitrogen and oxygen atoms in total. The summed E-state index contributed by atoms with van der Waals surface area (Å²) in [7, 11) is 0. The molecule has 130 valence electrons. The zero-order chi connectivity index (χ0) is 17.1. The second-order valence-corrected chi connectivity index (χ2v) is 9.18. The molecule has 25 heavy (non-hydrogen) atoms. The van der Waals surface area contributed by atoms with E-state index in [1.54, 1.807) is 11.1 Å². The van der Waals surface area contributed by atoms with E-state index in [0.29, 0.717) is 10.8 Å². The summed E-state index contributed by atoms with van der Waals surface area (Å²) in [4.78, 5) is 4.39. The molecule has 1 aromatic heterocycles. The molecule has 5 atom stereocenters. The Kier molecular flexibility index (Phi) is 3.39. The molecule has 0 saturated heterocycles. The van der Waals surface area contributed by atoms with E-state index in [1.807, 2.05) is 6.20 Å². The van der Waals surface area contributed by atoms with Crippen LogP contribution in [0.4, 0.5) is 0 Å². The standard InChI is InChI=1S/C24H29N/c1-23-13-4-3-7-18(23)8-9-19-21-11-10-20(17-6-5-15-25-16-17)24(21,2)14-12-22(19)23/h3,5-8,10,15-16,19,21-22H,4,9,11-14H2,1-2H3/t19-,21-,22-,23-,24+/m0/s1. The van der Waals surface area contributed by atoms with Gasteiger partial charge in [-0.15, -0.1) is 0 Å². The van der Waals surface area contributed by atoms with Crippen molar-refractivity contribution < 1.29 is 0 Å². The fourth-order valence-electron chi connectivity index (χ4n) is 6.84. The van der Waals surface area contributed by atoms with Gasteiger partial charge in [-0.2, -0.15) is 0 Å². The fourth-order valence-corrected chi connectivity index (χ4v) is 6.84. The molecule has 0 bridgehead atoms. The first kappa shape index (κ1) is 15.6. The van der Waals surface area contributed by atoms with E-state index in [0.717, 1.165) is 17.8 Å². The molecule has 1 aromatic rings. The minimum atomic E-state index is 0.344. The van der Waals surface area contributed by atoms with Crippen LogP contribution in [0.25, 0.3) is 5.57 Å². The Morgan fingerprint density at radius 2 is 1.96 bits per heavy atom. The number of allylic oxidation sites excluding steroid dienone is 6. The van der Waals surface area contributed by atoms with Gasteiger partial charge in [-0.3, -0.25) is 4.98 Å². The third-order valence-electron chi connectivity index (χ3n) is 8.21. The van der Waals surface area contributed by atoms with Crippen molar-refractivity contribution in [3.05, 3.63) is 60.0 Å². The molecular formula is C24H29N. The summed E-state index contributed by atoms with van der Waals surface area (Å²) in [5, 5.41) is 0. The molecule has 1 fully saturated rings. The van der Waals surface area contributed by atoms with Gasteiger partial charge in [-0.05, 0) is 89.9 Å². The normalized spacial score (nSPS) is 42.1. The highest BCUT2D eigenvalue weighted by Gasteiger charge is 2.55. The highest BCUT2D eigenvalue weighted by Crippen LogP contribution is 2.65. The van der Waals surface area contributed by atoms with Gasteiger partial charge in [0, 0.05) is 12.4 Å². The summed E-state index contributed by atoms with van der Waals surface area (Å²) in [5.74, 6) is 2.53. The second-order valence-electron chi connectivity index (χ2n) is 9.18. The van der Waals surface area contributed by atoms with Crippen LogP contribution in [0.15, 0.2) is 54.4 Å². The van der Waals surface area contributed by atoms with E-state index < -0.39 is 0 Å². The zero-order valence-electron chi connectivity index (χ0n) is 15.5. The lowest BCUT2D eigenvalue weighted by Gasteiger charge is -2.56. The van der Waals surface area contributed by atoms with Gasteiger partial charge in [0.1, 0.15) is 0 Å². The van der Waals surface area contributed by atoms with Crippen LogP contribution in [0.1, 0.15) is 57.9 Å². The first-order chi connectivity index (χ1) is 12.1. The first-order valence-electron chi connectivity index (χ1n) is 10.1. The van der Waals surface area contributed by atoms with Gasteiger partial charge in [0.25, 0.3) is 0 Å². The quantitative estimate of drug-likeness (QED) is 0.596. The monoisotopic (exact) mass is 331 g/mol. The van der Waals surface area contributed by atoms with Crippen LogP contribution in [-0.4, -0.2) is 4.98 Å². The molecule has 0 amide bonds. The molecule has 1 saturated carbocycles. The number of hydrogen-bond donors (Lipinski definition) is 0. The van der Waals surface area contributed by atoms with Crippen LogP contribution >= 0.6 is 0 Å². The second kappa shape index (κ2) is 5.43. The lowest BCUT2D eigenvalue weighted by molar-refractivity contribution is -0.00168. The Balaban J connectivity index is 1.51. The highest BCUT2D eigenvalue weighted by molar-refractivity contribution is 5.72. The molecule has 0 unspecified atom stereocenters. The van der Waals surface area contributed by atoms with E-state index in [9.17, 15) is 0 Å². The van der Waals surface area contributed by atoms with E-state index in [4.69, 9.17) is 0 Å². The minimum absolute atomic E-state index is 0.344. The summed E-state index contributed by atoms with van der Waals surface area (Å²) in [5.41, 5.74) is 5.34. The Bertz CT molecular complexity index is 771. The Morgan fingerprint density at radius 3 is 2.80 bits per heavy atom. The van der Waals surface area contributed by atoms with Crippen molar-refractivity contribution in [1.29, 1.82) is 0 Å². The third-order valence-corrected chi connectivity index (χ3v) is 8.21. The lowest BCUT2D eigenvalue weighted by Crippen LogP contribution is -2.48. The maximum absolute atomic E-state index is 4.39. The lowest BCUT2D eigenvalue weighted by atomic mass is 9.48. The molecule has 0 aromatic carbocycles. The average molecular weight is 332 g/mol. The number of pyridine rings is 1. The van der Waals surface area contributed by atoms with Crippen LogP contribution in [-0.2, 0) is 0 Å². The molecule has 5 rings (SSSR count). The van der Waals surface area contributed by atoms with Gasteiger partial charge in [0.05, 0.1) is 0 Å². The highest BCUT2D eigenvalue weighted by atomic mass is 14.6. The number of nitrogens with zero attached hydrogens (tertiary/aromatic N) is 1. The van der Waals surface area contributed by atoms with Crippen molar-refractivity contribution in [3.63, 3.8) is 0 Å². The summed E-state index contributed by atoms with van der Waals surface area (Å²) in [6.07, 6.45) is 21.8. The van der Waals surface area contributed by atoms with Gasteiger partial charge in [0.15, 0.2) is 0 Å². The van der Waals surface area contributed by atoms with Crippen LogP contribution < -0.4 is 0 Å². The van der Waals surface area contributed by atoms with Crippen LogP contribution in [0, 0.1) is 28.6 Å². The number of aromatic nitrogens is 1. The molecule has 0 N–H and O–H groups in total. The SMILES string of the molecule is C[C@]12CCC=CC1=CC[C@@H]1[C@@H]2CC[C@]2(C)C(c3cccnc3)=CC[C@@H]12. The Labute approximate surface area is 151 Å². The molecule has 1 heterocycles. The van der Waals surface area contributed by atoms with Crippen molar-refractivity contribution in [3.8, 4) is 0 Å². The van der Waals surface area contributed by atoms with Crippen molar-refractivity contribution in [2.24, 2.45) is 28.6 Å². The van der Waals surface area contributed by atoms with E-state index in [-0.39, 0.29) is 0 Å². The third kappa shape index (κ3) is 2.11. The van der Waals surface area contributed by atoms with Gasteiger partial charge >= 0.3 is 0 Å². The first-order valence-corrected chi connectivity index (χ1v) is 10.1. The van der Waals surface area contributed by atoms with E-state index >= 15 is 0 Å². The molecule has 1 heteroatoms. The van der Waals surface area contributed by atoms with Gasteiger partial charge in [0.2, 0.25) is 0 Å². The molecule has 4 aliphatic rings. The molecular weight excluding hydrogens is 302 g/mol. The Hall–Kier alpha value is -1.63. The van der Waals surface area contributed by atoms with Crippen LogP contribution in [0.3, 0.4) is 0 Å².